The number of nitrogens with zero attached hydrogens (tertiary/aromatic N) is 4. The Balaban J connectivity index is 1.33. The highest BCUT2D eigenvalue weighted by molar-refractivity contribution is 6.11. The normalized spacial score (nSPS) is 24.0. The average molecular weight is 492 g/mol. The molecule has 0 bridgehead atoms. The van der Waals surface area contributed by atoms with Crippen molar-refractivity contribution in [3.05, 3.63) is 71.6 Å². The van der Waals surface area contributed by atoms with E-state index < -0.39 is 23.3 Å². The van der Waals surface area contributed by atoms with Crippen molar-refractivity contribution in [2.24, 2.45) is 15.4 Å². The van der Waals surface area contributed by atoms with Crippen LogP contribution in [0.1, 0.15) is 18.3 Å². The van der Waals surface area contributed by atoms with E-state index >= 15 is 0 Å². The second kappa shape index (κ2) is 8.16. The monoisotopic (exact) mass is 491 g/mol. The van der Waals surface area contributed by atoms with E-state index in [-0.39, 0.29) is 5.71 Å². The number of alkyl halides is 3. The number of aromatic nitrogens is 2. The second-order valence-corrected chi connectivity index (χ2v) is 9.53. The lowest BCUT2D eigenvalue weighted by molar-refractivity contribution is -0.0870. The van der Waals surface area contributed by atoms with Gasteiger partial charge in [-0.3, -0.25) is 9.89 Å². The molecule has 2 aromatic carbocycles. The Morgan fingerprint density at radius 1 is 1.14 bits per heavy atom. The smallest absolute Gasteiger partial charge is 0.418 e. The van der Waals surface area contributed by atoms with E-state index in [4.69, 9.17) is 4.74 Å². The summed E-state index contributed by atoms with van der Waals surface area (Å²) >= 11 is 0. The number of rotatable bonds is 2. The predicted octanol–water partition coefficient (Wildman–Crippen LogP) is 5.61. The Hall–Kier alpha value is -3.72. The molecule has 0 spiro atoms. The van der Waals surface area contributed by atoms with Gasteiger partial charge in [0.05, 0.1) is 27.7 Å². The number of aromatic amines is 1. The molecule has 36 heavy (non-hydrogen) atoms. The van der Waals surface area contributed by atoms with Crippen LogP contribution in [0.2, 0.25) is 0 Å². The number of aliphatic imine (C=N–C) groups is 2. The van der Waals surface area contributed by atoms with Crippen LogP contribution in [-0.2, 0) is 6.54 Å². The molecule has 3 heterocycles. The van der Waals surface area contributed by atoms with Crippen LogP contribution >= 0.6 is 0 Å². The SMILES string of the molecule is Cc1nc2ccc(-c3ccc4c(c3)CN(C3N=CN=C5C(C(F)(F)F)=CC=CC53C)CCO4)cc2[nH]1. The minimum Gasteiger partial charge on any atom is -0.492 e. The van der Waals surface area contributed by atoms with E-state index in [2.05, 4.69) is 37.0 Å². The summed E-state index contributed by atoms with van der Waals surface area (Å²) in [6, 6.07) is 12.2. The van der Waals surface area contributed by atoms with Gasteiger partial charge >= 0.3 is 6.18 Å². The van der Waals surface area contributed by atoms with Crippen LogP contribution < -0.4 is 4.74 Å². The molecule has 2 unspecified atom stereocenters. The van der Waals surface area contributed by atoms with Crippen molar-refractivity contribution < 1.29 is 17.9 Å². The number of fused-ring (bicyclic) bond motifs is 3. The number of hydrogen-bond donors (Lipinski definition) is 1. The van der Waals surface area contributed by atoms with Gasteiger partial charge in [-0.1, -0.05) is 24.3 Å². The van der Waals surface area contributed by atoms with Crippen molar-refractivity contribution in [1.82, 2.24) is 14.9 Å². The third-order valence-electron chi connectivity index (χ3n) is 7.06. The Labute approximate surface area is 205 Å². The number of H-pyrrole nitrogens is 1. The molecule has 6 nitrogen and oxygen atoms in total. The molecule has 6 rings (SSSR count). The molecule has 9 heteroatoms. The van der Waals surface area contributed by atoms with Crippen LogP contribution in [0.15, 0.2) is 70.2 Å². The summed E-state index contributed by atoms with van der Waals surface area (Å²) in [5, 5.41) is 0. The van der Waals surface area contributed by atoms with E-state index in [0.29, 0.717) is 19.7 Å². The molecule has 1 N–H and O–H groups in total. The van der Waals surface area contributed by atoms with E-state index in [0.717, 1.165) is 45.4 Å². The van der Waals surface area contributed by atoms with Crippen LogP contribution in [0.5, 0.6) is 5.75 Å². The third-order valence-corrected chi connectivity index (χ3v) is 7.06. The summed E-state index contributed by atoms with van der Waals surface area (Å²) in [6.45, 7) is 5.11. The summed E-state index contributed by atoms with van der Waals surface area (Å²) in [4.78, 5) is 18.5. The van der Waals surface area contributed by atoms with Crippen molar-refractivity contribution in [3.63, 3.8) is 0 Å². The first-order chi connectivity index (χ1) is 17.2. The van der Waals surface area contributed by atoms with Gasteiger partial charge in [0, 0.05) is 18.7 Å². The van der Waals surface area contributed by atoms with Crippen molar-refractivity contribution in [2.75, 3.05) is 13.2 Å². The summed E-state index contributed by atoms with van der Waals surface area (Å²) in [5.41, 5.74) is 3.16. The van der Waals surface area contributed by atoms with Crippen LogP contribution in [0.3, 0.4) is 0 Å². The largest absolute Gasteiger partial charge is 0.492 e. The summed E-state index contributed by atoms with van der Waals surface area (Å²) in [5.74, 6) is 1.63. The standard InChI is InChI=1S/C27H24F3N5O/c1-16-33-21-7-5-18(13-22(21)34-16)17-6-8-23-19(12-17)14-35(10-11-36-23)25-26(2)9-3-4-20(27(28,29)30)24(26)31-15-32-25/h3-9,12-13,15,25H,10-11,14H2,1-2H3,(H,33,34). The highest BCUT2D eigenvalue weighted by atomic mass is 19.4. The van der Waals surface area contributed by atoms with Gasteiger partial charge in [-0.05, 0) is 55.3 Å². The minimum atomic E-state index is -4.49. The first kappa shape index (κ1) is 22.7. The Morgan fingerprint density at radius 2 is 1.94 bits per heavy atom. The molecule has 0 saturated heterocycles. The molecule has 184 valence electrons. The highest BCUT2D eigenvalue weighted by Gasteiger charge is 2.50. The molecule has 0 radical (unpaired) electrons. The van der Waals surface area contributed by atoms with Crippen molar-refractivity contribution >= 4 is 23.1 Å². The van der Waals surface area contributed by atoms with Gasteiger partial charge < -0.3 is 9.72 Å². The number of aryl methyl sites for hydroxylation is 1. The lowest BCUT2D eigenvalue weighted by Gasteiger charge is -2.43. The van der Waals surface area contributed by atoms with Crippen LogP contribution in [0, 0.1) is 12.3 Å². The summed E-state index contributed by atoms with van der Waals surface area (Å²) in [7, 11) is 0. The van der Waals surface area contributed by atoms with E-state index in [1.165, 1.54) is 12.4 Å². The van der Waals surface area contributed by atoms with Gasteiger partial charge in [-0.15, -0.1) is 0 Å². The first-order valence-corrected chi connectivity index (χ1v) is 11.8. The zero-order valence-electron chi connectivity index (χ0n) is 19.8. The van der Waals surface area contributed by atoms with Crippen LogP contribution in [0.4, 0.5) is 13.2 Å². The van der Waals surface area contributed by atoms with Gasteiger partial charge in [0.15, 0.2) is 0 Å². The number of nitrogens with one attached hydrogen (secondary N) is 1. The number of hydrogen-bond acceptors (Lipinski definition) is 5. The van der Waals surface area contributed by atoms with Gasteiger partial charge in [-0.25, -0.2) is 9.98 Å². The van der Waals surface area contributed by atoms with Crippen molar-refractivity contribution in [1.29, 1.82) is 0 Å². The van der Waals surface area contributed by atoms with Gasteiger partial charge in [0.25, 0.3) is 0 Å². The van der Waals surface area contributed by atoms with Crippen LogP contribution in [0.25, 0.3) is 22.2 Å². The highest BCUT2D eigenvalue weighted by Crippen LogP contribution is 2.43. The first-order valence-electron chi connectivity index (χ1n) is 11.8. The van der Waals surface area contributed by atoms with Crippen LogP contribution in [-0.4, -0.2) is 52.4 Å². The maximum Gasteiger partial charge on any atom is 0.418 e. The quantitative estimate of drug-likeness (QED) is 0.507. The molecular formula is C27H24F3N5O. The molecule has 3 aliphatic rings. The fourth-order valence-corrected chi connectivity index (χ4v) is 5.34. The maximum atomic E-state index is 13.8. The lowest BCUT2D eigenvalue weighted by Crippen LogP contribution is -2.52. The average Bonchev–Trinajstić information content (AvgIpc) is 3.08. The van der Waals surface area contributed by atoms with Crippen molar-refractivity contribution in [3.8, 4) is 16.9 Å². The van der Waals surface area contributed by atoms with E-state index in [1.807, 2.05) is 31.2 Å². The molecule has 1 aliphatic carbocycles. The third kappa shape index (κ3) is 3.74. The zero-order valence-corrected chi connectivity index (χ0v) is 19.8. The molecule has 3 aromatic rings. The Morgan fingerprint density at radius 3 is 2.78 bits per heavy atom. The fourth-order valence-electron chi connectivity index (χ4n) is 5.34. The predicted molar refractivity (Wildman–Crippen MR) is 133 cm³/mol. The number of allylic oxidation sites excluding steroid dienone is 3. The van der Waals surface area contributed by atoms with Gasteiger partial charge in [-0.2, -0.15) is 13.2 Å². The molecule has 0 saturated carbocycles. The summed E-state index contributed by atoms with van der Waals surface area (Å²) < 4.78 is 47.3. The molecular weight excluding hydrogens is 467 g/mol. The fraction of sp³-hybridized carbons (Fsp3) is 0.296. The number of halogens is 3. The zero-order chi connectivity index (χ0) is 25.1. The molecule has 0 amide bonds. The number of benzene rings is 2. The Kier molecular flexibility index (Phi) is 5.15. The van der Waals surface area contributed by atoms with Gasteiger partial charge in [0.2, 0.25) is 0 Å². The minimum absolute atomic E-state index is 0.000192. The lowest BCUT2D eigenvalue weighted by atomic mass is 9.74. The van der Waals surface area contributed by atoms with E-state index in [1.54, 1.807) is 13.0 Å². The number of ether oxygens (including phenoxy) is 1. The van der Waals surface area contributed by atoms with Crippen molar-refractivity contribution in [2.45, 2.75) is 32.7 Å². The topological polar surface area (TPSA) is 65.9 Å². The molecule has 1 aromatic heterocycles. The Bertz CT molecular complexity index is 1480. The molecule has 2 aliphatic heterocycles. The van der Waals surface area contributed by atoms with E-state index in [9.17, 15) is 13.2 Å². The summed E-state index contributed by atoms with van der Waals surface area (Å²) in [6.07, 6.45) is 0.539. The second-order valence-electron chi connectivity index (χ2n) is 9.53. The molecule has 2 atom stereocenters. The number of imidazole rings is 1. The van der Waals surface area contributed by atoms with Gasteiger partial charge in [0.1, 0.15) is 30.7 Å². The molecule has 0 fully saturated rings. The maximum absolute atomic E-state index is 13.8.